The van der Waals surface area contributed by atoms with E-state index in [4.69, 9.17) is 23.2 Å². The third-order valence-corrected chi connectivity index (χ3v) is 4.58. The second kappa shape index (κ2) is 8.91. The molecule has 0 aromatic heterocycles. The first-order chi connectivity index (χ1) is 13.4. The number of benzene rings is 3. The lowest BCUT2D eigenvalue weighted by Gasteiger charge is -2.19. The van der Waals surface area contributed by atoms with Gasteiger partial charge in [-0.1, -0.05) is 65.7 Å². The third-order valence-electron chi connectivity index (χ3n) is 4.14. The second-order valence-electron chi connectivity index (χ2n) is 6.30. The summed E-state index contributed by atoms with van der Waals surface area (Å²) in [5.74, 6) is -0.584. The maximum Gasteiger partial charge on any atom is 0.256 e. The summed E-state index contributed by atoms with van der Waals surface area (Å²) in [4.78, 5) is 27.1. The number of carbonyl (C=O) groups is 2. The summed E-state index contributed by atoms with van der Waals surface area (Å²) in [6.07, 6.45) is 0. The standard InChI is InChI=1S/C22H18Cl2N2O2/c1-26(14-15-7-3-2-4-8-15)22(28)19-9-5-6-10-20(19)25-21(27)16-11-17(23)13-18(24)12-16/h2-13H,14H2,1H3,(H,25,27). The number of hydrogen-bond donors (Lipinski definition) is 1. The van der Waals surface area contributed by atoms with Gasteiger partial charge in [0.25, 0.3) is 11.8 Å². The van der Waals surface area contributed by atoms with Gasteiger partial charge in [-0.2, -0.15) is 0 Å². The fraction of sp³-hybridized carbons (Fsp3) is 0.0909. The van der Waals surface area contributed by atoms with E-state index in [1.807, 2.05) is 30.3 Å². The first-order valence-electron chi connectivity index (χ1n) is 8.60. The van der Waals surface area contributed by atoms with Gasteiger partial charge >= 0.3 is 0 Å². The maximum absolute atomic E-state index is 12.9. The van der Waals surface area contributed by atoms with Crippen LogP contribution in [0.5, 0.6) is 0 Å². The fourth-order valence-corrected chi connectivity index (χ4v) is 3.32. The molecule has 3 aromatic carbocycles. The number of amides is 2. The molecule has 0 saturated carbocycles. The van der Waals surface area contributed by atoms with Gasteiger partial charge in [-0.15, -0.1) is 0 Å². The van der Waals surface area contributed by atoms with Crippen molar-refractivity contribution in [1.82, 2.24) is 4.90 Å². The van der Waals surface area contributed by atoms with Gasteiger partial charge in [0.1, 0.15) is 0 Å². The van der Waals surface area contributed by atoms with Gasteiger partial charge in [0.2, 0.25) is 0 Å². The number of anilines is 1. The van der Waals surface area contributed by atoms with Crippen LogP contribution in [0.25, 0.3) is 0 Å². The summed E-state index contributed by atoms with van der Waals surface area (Å²) in [7, 11) is 1.73. The molecule has 0 aliphatic heterocycles. The number of rotatable bonds is 5. The Bertz CT molecular complexity index is 986. The molecule has 0 spiro atoms. The predicted molar refractivity (Wildman–Crippen MR) is 113 cm³/mol. The number of hydrogen-bond acceptors (Lipinski definition) is 2. The van der Waals surface area contributed by atoms with Crippen LogP contribution in [0.15, 0.2) is 72.8 Å². The molecule has 0 aliphatic rings. The van der Waals surface area contributed by atoms with Crippen LogP contribution in [-0.4, -0.2) is 23.8 Å². The van der Waals surface area contributed by atoms with Crippen molar-refractivity contribution >= 4 is 40.7 Å². The summed E-state index contributed by atoms with van der Waals surface area (Å²) in [6, 6.07) is 21.2. The van der Waals surface area contributed by atoms with Gasteiger partial charge in [-0.3, -0.25) is 9.59 Å². The Balaban J connectivity index is 1.80. The van der Waals surface area contributed by atoms with E-state index in [0.29, 0.717) is 33.4 Å². The van der Waals surface area contributed by atoms with Gasteiger partial charge in [0.15, 0.2) is 0 Å². The largest absolute Gasteiger partial charge is 0.337 e. The molecule has 4 nitrogen and oxygen atoms in total. The average Bonchev–Trinajstić information content (AvgIpc) is 2.68. The fourth-order valence-electron chi connectivity index (χ4n) is 2.79. The topological polar surface area (TPSA) is 49.4 Å². The molecular weight excluding hydrogens is 395 g/mol. The van der Waals surface area contributed by atoms with E-state index < -0.39 is 5.91 Å². The van der Waals surface area contributed by atoms with Crippen LogP contribution >= 0.6 is 23.2 Å². The van der Waals surface area contributed by atoms with Crippen molar-refractivity contribution < 1.29 is 9.59 Å². The van der Waals surface area contributed by atoms with Gasteiger partial charge in [0, 0.05) is 29.2 Å². The van der Waals surface area contributed by atoms with Crippen LogP contribution in [0.3, 0.4) is 0 Å². The molecule has 3 rings (SSSR count). The highest BCUT2D eigenvalue weighted by molar-refractivity contribution is 6.35. The molecule has 0 heterocycles. The third kappa shape index (κ3) is 4.91. The molecule has 28 heavy (non-hydrogen) atoms. The quantitative estimate of drug-likeness (QED) is 0.599. The monoisotopic (exact) mass is 412 g/mol. The van der Waals surface area contributed by atoms with Gasteiger partial charge in [0.05, 0.1) is 11.3 Å². The zero-order valence-electron chi connectivity index (χ0n) is 15.2. The molecule has 0 aliphatic carbocycles. The minimum Gasteiger partial charge on any atom is -0.337 e. The number of halogens is 2. The Morgan fingerprint density at radius 2 is 1.50 bits per heavy atom. The summed E-state index contributed by atoms with van der Waals surface area (Å²) in [5.41, 5.74) is 2.17. The van der Waals surface area contributed by atoms with Crippen molar-refractivity contribution in [2.24, 2.45) is 0 Å². The molecule has 2 amide bonds. The van der Waals surface area contributed by atoms with Crippen LogP contribution in [0.2, 0.25) is 10.0 Å². The SMILES string of the molecule is CN(Cc1ccccc1)C(=O)c1ccccc1NC(=O)c1cc(Cl)cc(Cl)c1. The van der Waals surface area contributed by atoms with Crippen LogP contribution in [0.4, 0.5) is 5.69 Å². The Hall–Kier alpha value is -2.82. The summed E-state index contributed by atoms with van der Waals surface area (Å²) < 4.78 is 0. The molecular formula is C22H18Cl2N2O2. The zero-order chi connectivity index (χ0) is 20.1. The Labute approximate surface area is 173 Å². The molecule has 142 valence electrons. The van der Waals surface area contributed by atoms with Crippen molar-refractivity contribution in [1.29, 1.82) is 0 Å². The normalized spacial score (nSPS) is 10.4. The Morgan fingerprint density at radius 3 is 2.18 bits per heavy atom. The van der Waals surface area contributed by atoms with Crippen LogP contribution in [0, 0.1) is 0 Å². The summed E-state index contributed by atoms with van der Waals surface area (Å²) >= 11 is 11.9. The second-order valence-corrected chi connectivity index (χ2v) is 7.18. The van der Waals surface area contributed by atoms with E-state index in [2.05, 4.69) is 5.32 Å². The first-order valence-corrected chi connectivity index (χ1v) is 9.35. The van der Waals surface area contributed by atoms with Crippen LogP contribution in [-0.2, 0) is 6.54 Å². The molecule has 0 fully saturated rings. The van der Waals surface area contributed by atoms with Crippen molar-refractivity contribution in [3.63, 3.8) is 0 Å². The number of nitrogens with one attached hydrogen (secondary N) is 1. The Kier molecular flexibility index (Phi) is 6.34. The van der Waals surface area contributed by atoms with Crippen molar-refractivity contribution in [3.8, 4) is 0 Å². The van der Waals surface area contributed by atoms with Gasteiger partial charge < -0.3 is 10.2 Å². The predicted octanol–water partition coefficient (Wildman–Crippen LogP) is 5.52. The highest BCUT2D eigenvalue weighted by atomic mass is 35.5. The highest BCUT2D eigenvalue weighted by Crippen LogP contribution is 2.22. The highest BCUT2D eigenvalue weighted by Gasteiger charge is 2.18. The summed E-state index contributed by atoms with van der Waals surface area (Å²) in [6.45, 7) is 0.464. The van der Waals surface area contributed by atoms with E-state index in [9.17, 15) is 9.59 Å². The molecule has 0 saturated heterocycles. The van der Waals surface area contributed by atoms with Crippen molar-refractivity contribution in [2.45, 2.75) is 6.54 Å². The average molecular weight is 413 g/mol. The summed E-state index contributed by atoms with van der Waals surface area (Å²) in [5, 5.41) is 3.51. The van der Waals surface area contributed by atoms with Gasteiger partial charge in [-0.05, 0) is 35.9 Å². The minimum absolute atomic E-state index is 0.191. The van der Waals surface area contributed by atoms with Crippen LogP contribution in [0.1, 0.15) is 26.3 Å². The number of nitrogens with zero attached hydrogens (tertiary/aromatic N) is 1. The lowest BCUT2D eigenvalue weighted by Crippen LogP contribution is -2.27. The number of para-hydroxylation sites is 1. The molecule has 0 unspecified atom stereocenters. The smallest absolute Gasteiger partial charge is 0.256 e. The van der Waals surface area contributed by atoms with Crippen molar-refractivity contribution in [3.05, 3.63) is 99.5 Å². The zero-order valence-corrected chi connectivity index (χ0v) is 16.7. The minimum atomic E-state index is -0.393. The molecule has 1 N–H and O–H groups in total. The lowest BCUT2D eigenvalue weighted by atomic mass is 10.1. The number of carbonyl (C=O) groups excluding carboxylic acids is 2. The van der Waals surface area contributed by atoms with E-state index in [1.165, 1.54) is 12.1 Å². The van der Waals surface area contributed by atoms with E-state index in [1.54, 1.807) is 42.3 Å². The van der Waals surface area contributed by atoms with Crippen LogP contribution < -0.4 is 5.32 Å². The molecule has 0 bridgehead atoms. The van der Waals surface area contributed by atoms with E-state index in [0.717, 1.165) is 5.56 Å². The molecule has 0 atom stereocenters. The van der Waals surface area contributed by atoms with Gasteiger partial charge in [-0.25, -0.2) is 0 Å². The first kappa shape index (κ1) is 19.9. The molecule has 3 aromatic rings. The lowest BCUT2D eigenvalue weighted by molar-refractivity contribution is 0.0786. The van der Waals surface area contributed by atoms with E-state index >= 15 is 0 Å². The van der Waals surface area contributed by atoms with E-state index in [-0.39, 0.29) is 5.91 Å². The Morgan fingerprint density at radius 1 is 0.893 bits per heavy atom. The maximum atomic E-state index is 12.9. The van der Waals surface area contributed by atoms with Crippen molar-refractivity contribution in [2.75, 3.05) is 12.4 Å². The molecule has 6 heteroatoms. The molecule has 0 radical (unpaired) electrons.